The maximum atomic E-state index is 15.4. The quantitative estimate of drug-likeness (QED) is 0.0577. The van der Waals surface area contributed by atoms with E-state index in [-0.39, 0.29) is 62.2 Å². The lowest BCUT2D eigenvalue weighted by Gasteiger charge is -2.60. The van der Waals surface area contributed by atoms with Gasteiger partial charge in [0.15, 0.2) is 0 Å². The van der Waals surface area contributed by atoms with E-state index < -0.39 is 23.3 Å². The monoisotopic (exact) mass is 811 g/mol. The third-order valence-electron chi connectivity index (χ3n) is 12.2. The van der Waals surface area contributed by atoms with Crippen molar-refractivity contribution in [3.05, 3.63) is 131 Å². The number of phenolic OH excluding ortho intramolecular Hbond substituents is 1. The molecule has 1 aliphatic heterocycles. The highest BCUT2D eigenvalue weighted by Gasteiger charge is 2.65. The minimum atomic E-state index is -1.48. The number of ether oxygens (including phenoxy) is 2. The summed E-state index contributed by atoms with van der Waals surface area (Å²) in [6, 6.07) is 27.5. The van der Waals surface area contributed by atoms with Crippen LogP contribution in [0.1, 0.15) is 98.7 Å². The molecule has 0 radical (unpaired) electrons. The van der Waals surface area contributed by atoms with Crippen LogP contribution in [0.4, 0.5) is 0 Å². The Morgan fingerprint density at radius 3 is 2.45 bits per heavy atom. The van der Waals surface area contributed by atoms with Crippen LogP contribution < -0.4 is 4.74 Å². The Labute approximate surface area is 353 Å². The lowest BCUT2D eigenvalue weighted by molar-refractivity contribution is -0.255. The van der Waals surface area contributed by atoms with Gasteiger partial charge in [0.2, 0.25) is 5.79 Å². The Balaban J connectivity index is 1.51. The van der Waals surface area contributed by atoms with Gasteiger partial charge in [-0.25, -0.2) is 0 Å². The molecule has 0 bridgehead atoms. The minimum Gasteiger partial charge on any atom is -0.508 e. The van der Waals surface area contributed by atoms with Crippen molar-refractivity contribution in [1.82, 2.24) is 4.90 Å². The molecule has 0 unspecified atom stereocenters. The summed E-state index contributed by atoms with van der Waals surface area (Å²) in [6.07, 6.45) is 8.72. The smallest absolute Gasteiger partial charge is 0.254 e. The van der Waals surface area contributed by atoms with E-state index in [4.69, 9.17) is 19.5 Å². The van der Waals surface area contributed by atoms with Crippen LogP contribution in [0.15, 0.2) is 114 Å². The second kappa shape index (κ2) is 18.4. The molecule has 1 saturated carbocycles. The molecular weight excluding hydrogens is 755 g/mol. The molecule has 1 heterocycles. The molecule has 1 fully saturated rings. The van der Waals surface area contributed by atoms with E-state index in [0.717, 1.165) is 53.2 Å². The van der Waals surface area contributed by atoms with Crippen LogP contribution in [0.5, 0.6) is 11.5 Å². The van der Waals surface area contributed by atoms with Gasteiger partial charge in [0.25, 0.3) is 5.91 Å². The van der Waals surface area contributed by atoms with Crippen molar-refractivity contribution >= 4 is 22.4 Å². The Morgan fingerprint density at radius 1 is 1.00 bits per heavy atom. The minimum absolute atomic E-state index is 0.0180. The zero-order chi connectivity index (χ0) is 42.4. The summed E-state index contributed by atoms with van der Waals surface area (Å²) >= 11 is 0. The predicted molar refractivity (Wildman–Crippen MR) is 232 cm³/mol. The maximum absolute atomic E-state index is 15.4. The highest BCUT2D eigenvalue weighted by Crippen LogP contribution is 2.62. The molecule has 314 valence electrons. The number of aliphatic hydroxyl groups excluding tert-OH is 2. The van der Waals surface area contributed by atoms with E-state index in [1.54, 1.807) is 48.5 Å². The molecule has 6 atom stereocenters. The fourth-order valence-electron chi connectivity index (χ4n) is 9.64. The summed E-state index contributed by atoms with van der Waals surface area (Å²) in [4.78, 5) is 23.5. The molecule has 10 heteroatoms. The Bertz CT molecular complexity index is 2270. The van der Waals surface area contributed by atoms with Crippen molar-refractivity contribution in [2.75, 3.05) is 19.8 Å². The van der Waals surface area contributed by atoms with E-state index in [1.807, 2.05) is 49.9 Å². The Hall–Kier alpha value is -5.47. The standard InChI is InChI=1S/C50H57N3O7/c1-5-27-58-50-45(53(48(57)35-21-19-33(31-51)20-22-35)32-37-16-12-15-34-13-6-7-17-39(34)37)30-43(52-60-49(2,3)4)41-28-36(14-8-10-25-54)40(18-9-11-26-55)46(47(41)50)42-29-38(56)23-24-44(42)59-50/h5-7,12-13,15-17,19-24,28-29,36,40,45-47,54-56H,1,8-11,14,18,25-27,30,32H2,2-4H3/t36-,40+,45-,46+,47+,50+/m0/s1. The number of nitriles is 1. The summed E-state index contributed by atoms with van der Waals surface area (Å²) in [5, 5.41) is 47.5. The molecule has 1 amide bonds. The lowest BCUT2D eigenvalue weighted by Crippen LogP contribution is -2.70. The fourth-order valence-corrected chi connectivity index (χ4v) is 9.64. The number of allylic oxidation sites excluding steroid dienone is 1. The van der Waals surface area contributed by atoms with Gasteiger partial charge in [-0.1, -0.05) is 72.6 Å². The van der Waals surface area contributed by atoms with Gasteiger partial charge >= 0.3 is 0 Å². The van der Waals surface area contributed by atoms with Crippen LogP contribution in [0, 0.1) is 29.1 Å². The highest BCUT2D eigenvalue weighted by atomic mass is 16.7. The van der Waals surface area contributed by atoms with Crippen molar-refractivity contribution < 1.29 is 34.4 Å². The average molecular weight is 812 g/mol. The molecule has 0 saturated heterocycles. The first-order valence-corrected chi connectivity index (χ1v) is 21.2. The number of carbonyl (C=O) groups excluding carboxylic acids is 1. The normalized spacial score (nSPS) is 23.8. The van der Waals surface area contributed by atoms with Crippen molar-refractivity contribution in [1.29, 1.82) is 5.26 Å². The molecule has 0 aromatic heterocycles. The number of unbranched alkanes of at least 4 members (excludes halogenated alkanes) is 2. The van der Waals surface area contributed by atoms with Gasteiger partial charge in [-0.15, -0.1) is 6.58 Å². The number of nitrogens with zero attached hydrogens (tertiary/aromatic N) is 3. The summed E-state index contributed by atoms with van der Waals surface area (Å²) in [6.45, 7) is 10.4. The summed E-state index contributed by atoms with van der Waals surface area (Å²) in [5.41, 5.74) is 3.62. The molecule has 60 heavy (non-hydrogen) atoms. The maximum Gasteiger partial charge on any atom is 0.254 e. The van der Waals surface area contributed by atoms with Gasteiger partial charge in [-0.05, 0) is 123 Å². The predicted octanol–water partition coefficient (Wildman–Crippen LogP) is 9.19. The van der Waals surface area contributed by atoms with Gasteiger partial charge in [-0.3, -0.25) is 4.79 Å². The molecule has 7 rings (SSSR count). The topological polar surface area (TPSA) is 145 Å². The zero-order valence-corrected chi connectivity index (χ0v) is 34.9. The van der Waals surface area contributed by atoms with Crippen molar-refractivity contribution in [3.63, 3.8) is 0 Å². The number of hydrogen-bond acceptors (Lipinski definition) is 9. The van der Waals surface area contributed by atoms with Gasteiger partial charge in [0, 0.05) is 43.2 Å². The van der Waals surface area contributed by atoms with Crippen molar-refractivity contribution in [2.24, 2.45) is 22.9 Å². The number of aromatic hydroxyl groups is 1. The van der Waals surface area contributed by atoms with Crippen LogP contribution in [-0.2, 0) is 16.1 Å². The Morgan fingerprint density at radius 2 is 1.73 bits per heavy atom. The zero-order valence-electron chi connectivity index (χ0n) is 34.9. The fraction of sp³-hybridized carbons (Fsp3) is 0.420. The molecule has 10 nitrogen and oxygen atoms in total. The first kappa shape index (κ1) is 42.6. The largest absolute Gasteiger partial charge is 0.508 e. The van der Waals surface area contributed by atoms with E-state index in [0.29, 0.717) is 35.4 Å². The molecule has 3 N–H and O–H groups in total. The van der Waals surface area contributed by atoms with E-state index in [2.05, 4.69) is 36.9 Å². The summed E-state index contributed by atoms with van der Waals surface area (Å²) in [5.74, 6) is -1.78. The van der Waals surface area contributed by atoms with Gasteiger partial charge < -0.3 is 34.5 Å². The summed E-state index contributed by atoms with van der Waals surface area (Å²) in [7, 11) is 0. The number of amides is 1. The number of phenols is 1. The van der Waals surface area contributed by atoms with Crippen molar-refractivity contribution in [3.8, 4) is 17.6 Å². The van der Waals surface area contributed by atoms with E-state index >= 15 is 4.79 Å². The number of aliphatic hydroxyl groups is 2. The van der Waals surface area contributed by atoms with E-state index in [9.17, 15) is 20.6 Å². The van der Waals surface area contributed by atoms with Crippen LogP contribution in [-0.4, -0.2) is 69.1 Å². The van der Waals surface area contributed by atoms with Crippen LogP contribution in [0.25, 0.3) is 10.8 Å². The summed E-state index contributed by atoms with van der Waals surface area (Å²) < 4.78 is 14.5. The second-order valence-corrected chi connectivity index (χ2v) is 17.3. The first-order valence-electron chi connectivity index (χ1n) is 21.2. The average Bonchev–Trinajstić information content (AvgIpc) is 3.25. The highest BCUT2D eigenvalue weighted by molar-refractivity contribution is 6.03. The van der Waals surface area contributed by atoms with Gasteiger partial charge in [0.05, 0.1) is 29.9 Å². The van der Waals surface area contributed by atoms with Gasteiger partial charge in [-0.2, -0.15) is 5.26 Å². The number of rotatable bonds is 16. The van der Waals surface area contributed by atoms with Crippen LogP contribution >= 0.6 is 0 Å². The van der Waals surface area contributed by atoms with E-state index in [1.165, 1.54) is 0 Å². The molecule has 3 aliphatic rings. The molecular formula is C50H57N3O7. The number of fused-ring (bicyclic) bond motifs is 3. The second-order valence-electron chi connectivity index (χ2n) is 17.3. The molecule has 0 spiro atoms. The van der Waals surface area contributed by atoms with Crippen LogP contribution in [0.2, 0.25) is 0 Å². The number of benzene rings is 4. The third-order valence-corrected chi connectivity index (χ3v) is 12.2. The van der Waals surface area contributed by atoms with Gasteiger partial charge in [0.1, 0.15) is 23.1 Å². The number of carbonyl (C=O) groups is 1. The van der Waals surface area contributed by atoms with Crippen molar-refractivity contribution in [2.45, 2.75) is 95.6 Å². The number of oxime groups is 1. The lowest BCUT2D eigenvalue weighted by atomic mass is 9.55. The molecule has 2 aliphatic carbocycles. The third kappa shape index (κ3) is 8.71. The first-order chi connectivity index (χ1) is 29.0. The van der Waals surface area contributed by atoms with Crippen LogP contribution in [0.3, 0.4) is 0 Å². The number of hydrogen-bond donors (Lipinski definition) is 3. The Kier molecular flexibility index (Phi) is 13.1. The molecule has 4 aromatic carbocycles. The molecule has 4 aromatic rings. The SMILES string of the molecule is C=CCO[C@@]12Oc3ccc(O)cc3[C@H]3[C@H](CCCCO)[C@@H](CCCCO)C=C(C(=NOC(C)(C)C)C[C@@H]1N(Cc1cccc4ccccc14)C(=O)c1ccc(C#N)cc1)[C@H]32.